The molecule has 1 aromatic heterocycles. The number of fused-ring (bicyclic) bond motifs is 2. The lowest BCUT2D eigenvalue weighted by Crippen LogP contribution is -2.39. The lowest BCUT2D eigenvalue weighted by atomic mass is 9.96. The Morgan fingerprint density at radius 3 is 2.76 bits per heavy atom. The monoisotopic (exact) mass is 392 g/mol. The smallest absolute Gasteiger partial charge is 0.260 e. The maximum Gasteiger partial charge on any atom is 0.260 e. The van der Waals surface area contributed by atoms with Crippen LogP contribution in [-0.4, -0.2) is 35.8 Å². The number of hydrogen-bond donors (Lipinski definition) is 2. The van der Waals surface area contributed by atoms with Crippen molar-refractivity contribution in [1.82, 2.24) is 9.97 Å². The van der Waals surface area contributed by atoms with Crippen molar-refractivity contribution in [3.63, 3.8) is 0 Å². The van der Waals surface area contributed by atoms with Crippen LogP contribution in [0.5, 0.6) is 11.5 Å². The molecule has 0 saturated carbocycles. The highest BCUT2D eigenvalue weighted by Crippen LogP contribution is 2.34. The molecular weight excluding hydrogens is 372 g/mol. The molecule has 0 unspecified atom stereocenters. The maximum absolute atomic E-state index is 12.7. The Bertz CT molecular complexity index is 1130. The van der Waals surface area contributed by atoms with Gasteiger partial charge in [0.15, 0.2) is 11.5 Å². The zero-order valence-electron chi connectivity index (χ0n) is 15.7. The largest absolute Gasteiger partial charge is 0.454 e. The SMILES string of the molecule is O=C(Nc1ccc2c(c1)OCO2)C1CCN(c2nc3ccccc3c(=O)[nH]2)CC1. The number of carbonyl (C=O) groups is 1. The van der Waals surface area contributed by atoms with Gasteiger partial charge in [-0.15, -0.1) is 0 Å². The first-order valence-electron chi connectivity index (χ1n) is 9.62. The predicted octanol–water partition coefficient (Wildman–Crippen LogP) is 2.51. The summed E-state index contributed by atoms with van der Waals surface area (Å²) in [7, 11) is 0. The second-order valence-electron chi connectivity index (χ2n) is 7.23. The first kappa shape index (κ1) is 17.5. The summed E-state index contributed by atoms with van der Waals surface area (Å²) >= 11 is 0. The van der Waals surface area contributed by atoms with E-state index in [1.807, 2.05) is 29.2 Å². The Morgan fingerprint density at radius 2 is 1.90 bits per heavy atom. The van der Waals surface area contributed by atoms with E-state index >= 15 is 0 Å². The third kappa shape index (κ3) is 3.37. The molecule has 0 bridgehead atoms. The summed E-state index contributed by atoms with van der Waals surface area (Å²) in [6, 6.07) is 12.7. The Hall–Kier alpha value is -3.55. The van der Waals surface area contributed by atoms with Crippen LogP contribution >= 0.6 is 0 Å². The molecule has 5 rings (SSSR count). The number of anilines is 2. The van der Waals surface area contributed by atoms with Crippen LogP contribution < -0.4 is 25.2 Å². The number of piperidine rings is 1. The number of rotatable bonds is 3. The molecule has 0 atom stereocenters. The summed E-state index contributed by atoms with van der Waals surface area (Å²) in [5.41, 5.74) is 1.23. The van der Waals surface area contributed by atoms with Crippen molar-refractivity contribution in [3.8, 4) is 11.5 Å². The van der Waals surface area contributed by atoms with Gasteiger partial charge in [-0.2, -0.15) is 0 Å². The Morgan fingerprint density at radius 1 is 1.10 bits per heavy atom. The molecule has 2 N–H and O–H groups in total. The Labute approximate surface area is 166 Å². The van der Waals surface area contributed by atoms with Gasteiger partial charge in [-0.25, -0.2) is 4.98 Å². The van der Waals surface area contributed by atoms with Crippen LogP contribution in [0.15, 0.2) is 47.3 Å². The molecular formula is C21H20N4O4. The van der Waals surface area contributed by atoms with E-state index in [0.29, 0.717) is 60.0 Å². The third-order valence-corrected chi connectivity index (χ3v) is 5.41. The molecule has 8 heteroatoms. The fourth-order valence-electron chi connectivity index (χ4n) is 3.80. The number of benzene rings is 2. The first-order chi connectivity index (χ1) is 14.2. The van der Waals surface area contributed by atoms with Crippen LogP contribution in [0.4, 0.5) is 11.6 Å². The van der Waals surface area contributed by atoms with Gasteiger partial charge in [0, 0.05) is 30.8 Å². The number of carbonyl (C=O) groups excluding carboxylic acids is 1. The van der Waals surface area contributed by atoms with E-state index in [9.17, 15) is 9.59 Å². The first-order valence-corrected chi connectivity index (χ1v) is 9.62. The van der Waals surface area contributed by atoms with E-state index in [2.05, 4.69) is 15.3 Å². The number of amides is 1. The third-order valence-electron chi connectivity index (χ3n) is 5.41. The van der Waals surface area contributed by atoms with Gasteiger partial charge >= 0.3 is 0 Å². The summed E-state index contributed by atoms with van der Waals surface area (Å²) in [5, 5.41) is 3.54. The Kier molecular flexibility index (Phi) is 4.31. The van der Waals surface area contributed by atoms with Gasteiger partial charge in [-0.05, 0) is 37.1 Å². The fraction of sp³-hybridized carbons (Fsp3) is 0.286. The molecule has 148 valence electrons. The number of H-pyrrole nitrogens is 1. The van der Waals surface area contributed by atoms with E-state index in [-0.39, 0.29) is 24.2 Å². The van der Waals surface area contributed by atoms with Crippen LogP contribution in [0.2, 0.25) is 0 Å². The number of para-hydroxylation sites is 1. The number of aromatic nitrogens is 2. The normalized spacial score (nSPS) is 16.2. The van der Waals surface area contributed by atoms with Gasteiger partial charge in [0.1, 0.15) is 0 Å². The highest BCUT2D eigenvalue weighted by atomic mass is 16.7. The summed E-state index contributed by atoms with van der Waals surface area (Å²) in [6.07, 6.45) is 1.37. The average Bonchev–Trinajstić information content (AvgIpc) is 3.22. The summed E-state index contributed by atoms with van der Waals surface area (Å²) in [6.45, 7) is 1.51. The number of nitrogens with zero attached hydrogens (tertiary/aromatic N) is 2. The van der Waals surface area contributed by atoms with Crippen molar-refractivity contribution < 1.29 is 14.3 Å². The summed E-state index contributed by atoms with van der Waals surface area (Å²) in [5.74, 6) is 1.78. The van der Waals surface area contributed by atoms with E-state index < -0.39 is 0 Å². The van der Waals surface area contributed by atoms with Gasteiger partial charge in [-0.1, -0.05) is 12.1 Å². The molecule has 3 aromatic rings. The lowest BCUT2D eigenvalue weighted by Gasteiger charge is -2.31. The molecule has 2 aliphatic heterocycles. The molecule has 29 heavy (non-hydrogen) atoms. The zero-order valence-corrected chi connectivity index (χ0v) is 15.7. The van der Waals surface area contributed by atoms with E-state index in [0.717, 1.165) is 0 Å². The van der Waals surface area contributed by atoms with Crippen molar-refractivity contribution in [2.45, 2.75) is 12.8 Å². The van der Waals surface area contributed by atoms with Crippen molar-refractivity contribution in [2.75, 3.05) is 30.1 Å². The van der Waals surface area contributed by atoms with E-state index in [4.69, 9.17) is 9.47 Å². The molecule has 0 aliphatic carbocycles. The minimum atomic E-state index is -0.145. The molecule has 0 radical (unpaired) electrons. The van der Waals surface area contributed by atoms with Gasteiger partial charge in [0.25, 0.3) is 5.56 Å². The van der Waals surface area contributed by atoms with Crippen molar-refractivity contribution >= 4 is 28.4 Å². The number of nitrogens with one attached hydrogen (secondary N) is 2. The van der Waals surface area contributed by atoms with Crippen molar-refractivity contribution in [2.24, 2.45) is 5.92 Å². The summed E-state index contributed by atoms with van der Waals surface area (Å²) < 4.78 is 10.6. The minimum Gasteiger partial charge on any atom is -0.454 e. The molecule has 8 nitrogen and oxygen atoms in total. The topological polar surface area (TPSA) is 96.6 Å². The number of ether oxygens (including phenoxy) is 2. The maximum atomic E-state index is 12.7. The van der Waals surface area contributed by atoms with Crippen molar-refractivity contribution in [1.29, 1.82) is 0 Å². The number of hydrogen-bond acceptors (Lipinski definition) is 6. The molecule has 1 amide bonds. The second kappa shape index (κ2) is 7.12. The molecule has 1 saturated heterocycles. The number of aromatic amines is 1. The van der Waals surface area contributed by atoms with Gasteiger partial charge in [-0.3, -0.25) is 14.6 Å². The van der Waals surface area contributed by atoms with Crippen molar-refractivity contribution in [3.05, 3.63) is 52.8 Å². The lowest BCUT2D eigenvalue weighted by molar-refractivity contribution is -0.120. The minimum absolute atomic E-state index is 0.0107. The predicted molar refractivity (Wildman–Crippen MR) is 108 cm³/mol. The highest BCUT2D eigenvalue weighted by Gasteiger charge is 2.26. The van der Waals surface area contributed by atoms with Crippen LogP contribution in [0.3, 0.4) is 0 Å². The summed E-state index contributed by atoms with van der Waals surface area (Å²) in [4.78, 5) is 34.4. The standard InChI is InChI=1S/C21H20N4O4/c26-19(22-14-5-6-17-18(11-14)29-12-28-17)13-7-9-25(10-8-13)21-23-16-4-2-1-3-15(16)20(27)24-21/h1-6,11,13H,7-10,12H2,(H,22,26)(H,23,24,27). The fourth-order valence-corrected chi connectivity index (χ4v) is 3.80. The van der Waals surface area contributed by atoms with Crippen LogP contribution in [0.25, 0.3) is 10.9 Å². The quantitative estimate of drug-likeness (QED) is 0.711. The second-order valence-corrected chi connectivity index (χ2v) is 7.23. The molecule has 2 aromatic carbocycles. The van der Waals surface area contributed by atoms with Crippen LogP contribution in [-0.2, 0) is 4.79 Å². The van der Waals surface area contributed by atoms with Crippen LogP contribution in [0.1, 0.15) is 12.8 Å². The van der Waals surface area contributed by atoms with E-state index in [1.54, 1.807) is 18.2 Å². The molecule has 3 heterocycles. The zero-order chi connectivity index (χ0) is 19.8. The highest BCUT2D eigenvalue weighted by molar-refractivity contribution is 5.93. The van der Waals surface area contributed by atoms with Gasteiger partial charge in [0.05, 0.1) is 10.9 Å². The molecule has 1 fully saturated rings. The van der Waals surface area contributed by atoms with Crippen LogP contribution in [0, 0.1) is 5.92 Å². The molecule has 0 spiro atoms. The van der Waals surface area contributed by atoms with E-state index in [1.165, 1.54) is 0 Å². The molecule has 2 aliphatic rings. The van der Waals surface area contributed by atoms with Gasteiger partial charge < -0.3 is 19.7 Å². The average molecular weight is 392 g/mol. The van der Waals surface area contributed by atoms with Gasteiger partial charge in [0.2, 0.25) is 18.6 Å². The Balaban J connectivity index is 1.24.